The standard InChI is InChI=1S/C25H34ClN3O5S/c1-7-17(2)27-25(31)19(4)28(15-20-10-8-11-21(14-20)34-5)24(30)16-29(35(6,32)33)23-13-9-12-22(26)18(23)3/h8-14,17,19H,7,15-16H2,1-6H3,(H,27,31). The number of amides is 2. The predicted molar refractivity (Wildman–Crippen MR) is 139 cm³/mol. The van der Waals surface area contributed by atoms with Gasteiger partial charge in [0.1, 0.15) is 18.3 Å². The number of hydrogen-bond donors (Lipinski definition) is 1. The number of rotatable bonds is 11. The summed E-state index contributed by atoms with van der Waals surface area (Å²) in [6.45, 7) is 6.77. The summed E-state index contributed by atoms with van der Waals surface area (Å²) in [6, 6.07) is 11.1. The van der Waals surface area contributed by atoms with Gasteiger partial charge in [0.2, 0.25) is 21.8 Å². The summed E-state index contributed by atoms with van der Waals surface area (Å²) >= 11 is 6.22. The lowest BCUT2D eigenvalue weighted by molar-refractivity contribution is -0.139. The van der Waals surface area contributed by atoms with Crippen LogP contribution in [0.4, 0.5) is 5.69 Å². The minimum absolute atomic E-state index is 0.0691. The molecule has 0 spiro atoms. The van der Waals surface area contributed by atoms with Crippen LogP contribution in [0.25, 0.3) is 0 Å². The predicted octanol–water partition coefficient (Wildman–Crippen LogP) is 3.76. The van der Waals surface area contributed by atoms with Crippen LogP contribution >= 0.6 is 11.6 Å². The van der Waals surface area contributed by atoms with Gasteiger partial charge in [-0.25, -0.2) is 8.42 Å². The van der Waals surface area contributed by atoms with Crippen molar-refractivity contribution in [2.75, 3.05) is 24.2 Å². The number of methoxy groups -OCH3 is 1. The average Bonchev–Trinajstić information content (AvgIpc) is 2.81. The summed E-state index contributed by atoms with van der Waals surface area (Å²) < 4.78 is 31.7. The van der Waals surface area contributed by atoms with Crippen LogP contribution in [0.1, 0.15) is 38.3 Å². The molecule has 1 N–H and O–H groups in total. The van der Waals surface area contributed by atoms with Crippen molar-refractivity contribution in [3.63, 3.8) is 0 Å². The average molecular weight is 524 g/mol. The van der Waals surface area contributed by atoms with Gasteiger partial charge in [0.25, 0.3) is 0 Å². The van der Waals surface area contributed by atoms with E-state index in [0.717, 1.165) is 22.5 Å². The molecule has 0 radical (unpaired) electrons. The highest BCUT2D eigenvalue weighted by molar-refractivity contribution is 7.92. The molecular weight excluding hydrogens is 490 g/mol. The topological polar surface area (TPSA) is 96.0 Å². The summed E-state index contributed by atoms with van der Waals surface area (Å²) in [5, 5.41) is 3.29. The van der Waals surface area contributed by atoms with Gasteiger partial charge in [-0.15, -0.1) is 0 Å². The van der Waals surface area contributed by atoms with Gasteiger partial charge in [0.15, 0.2) is 0 Å². The molecule has 0 aliphatic heterocycles. The van der Waals surface area contributed by atoms with Crippen LogP contribution in [-0.2, 0) is 26.2 Å². The highest BCUT2D eigenvalue weighted by atomic mass is 35.5. The molecule has 0 bridgehead atoms. The van der Waals surface area contributed by atoms with Gasteiger partial charge in [0.05, 0.1) is 19.1 Å². The molecule has 0 aromatic heterocycles. The van der Waals surface area contributed by atoms with E-state index in [1.165, 1.54) is 4.90 Å². The van der Waals surface area contributed by atoms with Crippen molar-refractivity contribution >= 4 is 39.1 Å². The number of ether oxygens (including phenoxy) is 1. The van der Waals surface area contributed by atoms with E-state index in [4.69, 9.17) is 16.3 Å². The van der Waals surface area contributed by atoms with Gasteiger partial charge in [-0.2, -0.15) is 0 Å². The number of carbonyl (C=O) groups is 2. The molecule has 192 valence electrons. The van der Waals surface area contributed by atoms with E-state index in [0.29, 0.717) is 22.0 Å². The summed E-state index contributed by atoms with van der Waals surface area (Å²) in [5.74, 6) is -0.233. The van der Waals surface area contributed by atoms with Gasteiger partial charge in [0, 0.05) is 17.6 Å². The number of hydrogen-bond acceptors (Lipinski definition) is 5. The van der Waals surface area contributed by atoms with Gasteiger partial charge in [-0.1, -0.05) is 36.7 Å². The summed E-state index contributed by atoms with van der Waals surface area (Å²) in [6.07, 6.45) is 1.77. The molecule has 2 rings (SSSR count). The number of anilines is 1. The van der Waals surface area contributed by atoms with Gasteiger partial charge < -0.3 is 15.0 Å². The molecule has 0 aliphatic carbocycles. The first kappa shape index (κ1) is 28.5. The van der Waals surface area contributed by atoms with E-state index >= 15 is 0 Å². The molecule has 0 heterocycles. The molecule has 10 heteroatoms. The lowest BCUT2D eigenvalue weighted by Gasteiger charge is -2.32. The van der Waals surface area contributed by atoms with Crippen LogP contribution in [0.5, 0.6) is 5.75 Å². The zero-order chi connectivity index (χ0) is 26.3. The zero-order valence-electron chi connectivity index (χ0n) is 21.0. The second kappa shape index (κ2) is 12.3. The number of sulfonamides is 1. The minimum Gasteiger partial charge on any atom is -0.497 e. The molecule has 0 aliphatic rings. The smallest absolute Gasteiger partial charge is 0.244 e. The van der Waals surface area contributed by atoms with E-state index in [1.807, 2.05) is 19.9 Å². The lowest BCUT2D eigenvalue weighted by atomic mass is 10.1. The molecule has 0 saturated heterocycles. The Morgan fingerprint density at radius 3 is 2.40 bits per heavy atom. The molecule has 2 aromatic carbocycles. The van der Waals surface area contributed by atoms with Gasteiger partial charge >= 0.3 is 0 Å². The van der Waals surface area contributed by atoms with E-state index in [-0.39, 0.29) is 18.5 Å². The van der Waals surface area contributed by atoms with Crippen molar-refractivity contribution < 1.29 is 22.7 Å². The highest BCUT2D eigenvalue weighted by Gasteiger charge is 2.31. The molecule has 35 heavy (non-hydrogen) atoms. The SMILES string of the molecule is CCC(C)NC(=O)C(C)N(Cc1cccc(OC)c1)C(=O)CN(c1cccc(Cl)c1C)S(C)(=O)=O. The van der Waals surface area contributed by atoms with E-state index in [1.54, 1.807) is 57.4 Å². The Kier molecular flexibility index (Phi) is 9.97. The first-order valence-corrected chi connectivity index (χ1v) is 13.6. The second-order valence-electron chi connectivity index (χ2n) is 8.52. The zero-order valence-corrected chi connectivity index (χ0v) is 22.6. The second-order valence-corrected chi connectivity index (χ2v) is 10.8. The Morgan fingerprint density at radius 2 is 1.80 bits per heavy atom. The van der Waals surface area contributed by atoms with E-state index in [9.17, 15) is 18.0 Å². The van der Waals surface area contributed by atoms with Crippen molar-refractivity contribution in [3.05, 3.63) is 58.6 Å². The lowest BCUT2D eigenvalue weighted by Crippen LogP contribution is -2.52. The molecule has 0 fully saturated rings. The molecule has 0 saturated carbocycles. The quantitative estimate of drug-likeness (QED) is 0.484. The Morgan fingerprint density at radius 1 is 1.14 bits per heavy atom. The van der Waals surface area contributed by atoms with Crippen molar-refractivity contribution in [3.8, 4) is 5.75 Å². The molecular formula is C25H34ClN3O5S. The normalized spacial score (nSPS) is 13.0. The van der Waals surface area contributed by atoms with Crippen LogP contribution < -0.4 is 14.4 Å². The van der Waals surface area contributed by atoms with Crippen molar-refractivity contribution in [2.24, 2.45) is 0 Å². The Balaban J connectivity index is 2.45. The van der Waals surface area contributed by atoms with Crippen LogP contribution in [0.3, 0.4) is 0 Å². The first-order valence-electron chi connectivity index (χ1n) is 11.3. The largest absolute Gasteiger partial charge is 0.497 e. The van der Waals surface area contributed by atoms with Crippen LogP contribution in [-0.4, -0.2) is 57.1 Å². The van der Waals surface area contributed by atoms with Crippen molar-refractivity contribution in [1.29, 1.82) is 0 Å². The molecule has 2 atom stereocenters. The number of nitrogens with one attached hydrogen (secondary N) is 1. The summed E-state index contributed by atoms with van der Waals surface area (Å²) in [4.78, 5) is 27.9. The fraction of sp³-hybridized carbons (Fsp3) is 0.440. The van der Waals surface area contributed by atoms with Crippen LogP contribution in [0.2, 0.25) is 5.02 Å². The maximum absolute atomic E-state index is 13.6. The van der Waals surface area contributed by atoms with E-state index < -0.39 is 28.5 Å². The highest BCUT2D eigenvalue weighted by Crippen LogP contribution is 2.28. The third-order valence-electron chi connectivity index (χ3n) is 5.84. The Hall–Kier alpha value is -2.78. The van der Waals surface area contributed by atoms with Gasteiger partial charge in [-0.05, 0) is 62.6 Å². The molecule has 2 aromatic rings. The molecule has 2 amide bonds. The van der Waals surface area contributed by atoms with E-state index in [2.05, 4.69) is 5.32 Å². The van der Waals surface area contributed by atoms with Crippen molar-refractivity contribution in [2.45, 2.75) is 52.7 Å². The summed E-state index contributed by atoms with van der Waals surface area (Å²) in [7, 11) is -2.29. The van der Waals surface area contributed by atoms with Gasteiger partial charge in [-0.3, -0.25) is 13.9 Å². The van der Waals surface area contributed by atoms with Crippen LogP contribution in [0.15, 0.2) is 42.5 Å². The monoisotopic (exact) mass is 523 g/mol. The molecule has 8 nitrogen and oxygen atoms in total. The molecule has 2 unspecified atom stereocenters. The number of halogens is 1. The maximum atomic E-state index is 13.6. The maximum Gasteiger partial charge on any atom is 0.244 e. The first-order chi connectivity index (χ1) is 16.4. The fourth-order valence-corrected chi connectivity index (χ4v) is 4.55. The number of benzene rings is 2. The van der Waals surface area contributed by atoms with Crippen molar-refractivity contribution in [1.82, 2.24) is 10.2 Å². The van der Waals surface area contributed by atoms with Crippen LogP contribution in [0, 0.1) is 6.92 Å². The Labute approximate surface area is 213 Å². The summed E-state index contributed by atoms with van der Waals surface area (Å²) in [5.41, 5.74) is 1.59. The minimum atomic E-state index is -3.83. The third kappa shape index (κ3) is 7.60. The Bertz CT molecular complexity index is 1160. The fourth-order valence-electron chi connectivity index (χ4n) is 3.48. The number of carbonyl (C=O) groups excluding carboxylic acids is 2. The number of nitrogens with zero attached hydrogens (tertiary/aromatic N) is 2. The third-order valence-corrected chi connectivity index (χ3v) is 7.38.